The van der Waals surface area contributed by atoms with Crippen LogP contribution in [-0.4, -0.2) is 31.6 Å². The van der Waals surface area contributed by atoms with Crippen LogP contribution >= 0.6 is 0 Å². The van der Waals surface area contributed by atoms with E-state index in [1.165, 1.54) is 0 Å². The van der Waals surface area contributed by atoms with Crippen molar-refractivity contribution >= 4 is 17.6 Å². The fourth-order valence-corrected chi connectivity index (χ4v) is 1.57. The number of carbonyl (C=O) groups is 2. The Balaban J connectivity index is 2.67. The summed E-state index contributed by atoms with van der Waals surface area (Å²) in [7, 11) is 0. The van der Waals surface area contributed by atoms with Gasteiger partial charge in [0.25, 0.3) is 0 Å². The first-order valence-corrected chi connectivity index (χ1v) is 6.45. The molecule has 0 aliphatic rings. The van der Waals surface area contributed by atoms with Gasteiger partial charge in [-0.25, -0.2) is 4.79 Å². The Morgan fingerprint density at radius 3 is 2.63 bits per heavy atom. The molecular formula is C14H20N2O3. The standard InChI is InChI=1S/C14H20N2O3/c1-3-15-10-9-13(17)16-12-8-6-5-7-11(12)14(18)19-4-2/h5-8,15H,3-4,9-10H2,1-2H3,(H,16,17). The Bertz CT molecular complexity index is 432. The second kappa shape index (κ2) is 8.26. The molecule has 0 bridgehead atoms. The molecule has 1 aromatic rings. The molecule has 104 valence electrons. The lowest BCUT2D eigenvalue weighted by Crippen LogP contribution is -2.22. The van der Waals surface area contributed by atoms with Crippen LogP contribution in [0.1, 0.15) is 30.6 Å². The van der Waals surface area contributed by atoms with E-state index in [0.29, 0.717) is 30.8 Å². The lowest BCUT2D eigenvalue weighted by Gasteiger charge is -2.10. The van der Waals surface area contributed by atoms with Gasteiger partial charge in [0.15, 0.2) is 0 Å². The van der Waals surface area contributed by atoms with Crippen molar-refractivity contribution in [1.29, 1.82) is 0 Å². The minimum Gasteiger partial charge on any atom is -0.462 e. The Morgan fingerprint density at radius 2 is 1.95 bits per heavy atom. The van der Waals surface area contributed by atoms with E-state index in [4.69, 9.17) is 4.74 Å². The number of hydrogen-bond acceptors (Lipinski definition) is 4. The lowest BCUT2D eigenvalue weighted by molar-refractivity contribution is -0.116. The molecule has 0 aliphatic carbocycles. The first kappa shape index (κ1) is 15.2. The molecule has 5 nitrogen and oxygen atoms in total. The molecule has 19 heavy (non-hydrogen) atoms. The zero-order valence-electron chi connectivity index (χ0n) is 11.4. The molecule has 0 aliphatic heterocycles. The fraction of sp³-hybridized carbons (Fsp3) is 0.429. The van der Waals surface area contributed by atoms with Crippen LogP contribution in [-0.2, 0) is 9.53 Å². The zero-order valence-corrected chi connectivity index (χ0v) is 11.4. The average Bonchev–Trinajstić information content (AvgIpc) is 2.40. The van der Waals surface area contributed by atoms with Gasteiger partial charge < -0.3 is 15.4 Å². The van der Waals surface area contributed by atoms with Crippen LogP contribution in [0.2, 0.25) is 0 Å². The molecule has 5 heteroatoms. The summed E-state index contributed by atoms with van der Waals surface area (Å²) in [6.07, 6.45) is 0.366. The van der Waals surface area contributed by atoms with Crippen molar-refractivity contribution in [2.24, 2.45) is 0 Å². The predicted octanol–water partition coefficient (Wildman–Crippen LogP) is 1.80. The van der Waals surface area contributed by atoms with Gasteiger partial charge in [-0.1, -0.05) is 19.1 Å². The monoisotopic (exact) mass is 264 g/mol. The highest BCUT2D eigenvalue weighted by atomic mass is 16.5. The highest BCUT2D eigenvalue weighted by Gasteiger charge is 2.13. The highest BCUT2D eigenvalue weighted by molar-refractivity contribution is 6.01. The molecular weight excluding hydrogens is 244 g/mol. The van der Waals surface area contributed by atoms with Gasteiger partial charge in [-0.2, -0.15) is 0 Å². The van der Waals surface area contributed by atoms with Crippen LogP contribution in [0.15, 0.2) is 24.3 Å². The van der Waals surface area contributed by atoms with E-state index in [0.717, 1.165) is 6.54 Å². The Morgan fingerprint density at radius 1 is 1.21 bits per heavy atom. The van der Waals surface area contributed by atoms with Crippen LogP contribution in [0.25, 0.3) is 0 Å². The van der Waals surface area contributed by atoms with E-state index in [2.05, 4.69) is 10.6 Å². The fourth-order valence-electron chi connectivity index (χ4n) is 1.57. The SMILES string of the molecule is CCNCCC(=O)Nc1ccccc1C(=O)OCC. The molecule has 0 saturated carbocycles. The summed E-state index contributed by atoms with van der Waals surface area (Å²) < 4.78 is 4.95. The van der Waals surface area contributed by atoms with Crippen molar-refractivity contribution in [3.8, 4) is 0 Å². The van der Waals surface area contributed by atoms with Crippen molar-refractivity contribution in [1.82, 2.24) is 5.32 Å². The van der Waals surface area contributed by atoms with Gasteiger partial charge in [0, 0.05) is 13.0 Å². The van der Waals surface area contributed by atoms with E-state index in [1.807, 2.05) is 6.92 Å². The van der Waals surface area contributed by atoms with Crippen molar-refractivity contribution in [3.05, 3.63) is 29.8 Å². The van der Waals surface area contributed by atoms with Gasteiger partial charge in [0.05, 0.1) is 17.9 Å². The quantitative estimate of drug-likeness (QED) is 0.582. The van der Waals surface area contributed by atoms with Crippen molar-refractivity contribution in [3.63, 3.8) is 0 Å². The number of para-hydroxylation sites is 1. The first-order chi connectivity index (χ1) is 9.19. The lowest BCUT2D eigenvalue weighted by atomic mass is 10.1. The summed E-state index contributed by atoms with van der Waals surface area (Å²) in [6.45, 7) is 5.47. The first-order valence-electron chi connectivity index (χ1n) is 6.45. The number of esters is 1. The van der Waals surface area contributed by atoms with E-state index < -0.39 is 5.97 Å². The summed E-state index contributed by atoms with van der Waals surface area (Å²) in [5.74, 6) is -0.553. The molecule has 0 heterocycles. The number of nitrogens with one attached hydrogen (secondary N) is 2. The third kappa shape index (κ3) is 5.09. The number of hydrogen-bond donors (Lipinski definition) is 2. The van der Waals surface area contributed by atoms with Gasteiger partial charge in [0.2, 0.25) is 5.91 Å². The Labute approximate surface area is 113 Å². The number of carbonyl (C=O) groups excluding carboxylic acids is 2. The maximum Gasteiger partial charge on any atom is 0.340 e. The molecule has 1 rings (SSSR count). The van der Waals surface area contributed by atoms with Crippen molar-refractivity contribution in [2.45, 2.75) is 20.3 Å². The second-order valence-electron chi connectivity index (χ2n) is 3.92. The molecule has 0 unspecified atom stereocenters. The summed E-state index contributed by atoms with van der Waals surface area (Å²) in [5.41, 5.74) is 0.864. The predicted molar refractivity (Wildman–Crippen MR) is 74.2 cm³/mol. The van der Waals surface area contributed by atoms with Gasteiger partial charge >= 0.3 is 5.97 Å². The molecule has 0 spiro atoms. The van der Waals surface area contributed by atoms with Gasteiger partial charge in [-0.05, 0) is 25.6 Å². The summed E-state index contributed by atoms with van der Waals surface area (Å²) >= 11 is 0. The van der Waals surface area contributed by atoms with Crippen LogP contribution in [0.3, 0.4) is 0 Å². The summed E-state index contributed by atoms with van der Waals surface area (Å²) in [4.78, 5) is 23.4. The largest absolute Gasteiger partial charge is 0.462 e. The zero-order chi connectivity index (χ0) is 14.1. The molecule has 0 aromatic heterocycles. The number of anilines is 1. The maximum atomic E-state index is 11.7. The second-order valence-corrected chi connectivity index (χ2v) is 3.92. The minimum absolute atomic E-state index is 0.127. The van der Waals surface area contributed by atoms with Gasteiger partial charge in [0.1, 0.15) is 0 Å². The van der Waals surface area contributed by atoms with Gasteiger partial charge in [-0.3, -0.25) is 4.79 Å². The summed E-state index contributed by atoms with van der Waals surface area (Å²) in [5, 5.41) is 5.80. The molecule has 0 fully saturated rings. The maximum absolute atomic E-state index is 11.7. The molecule has 2 N–H and O–H groups in total. The Hall–Kier alpha value is -1.88. The molecule has 0 saturated heterocycles. The Kier molecular flexibility index (Phi) is 6.60. The number of benzene rings is 1. The summed E-state index contributed by atoms with van der Waals surface area (Å²) in [6, 6.07) is 6.83. The molecule has 0 radical (unpaired) electrons. The van der Waals surface area contributed by atoms with E-state index in [1.54, 1.807) is 31.2 Å². The molecule has 1 amide bonds. The normalized spacial score (nSPS) is 10.0. The minimum atomic E-state index is -0.426. The highest BCUT2D eigenvalue weighted by Crippen LogP contribution is 2.16. The third-order valence-electron chi connectivity index (χ3n) is 2.48. The van der Waals surface area contributed by atoms with Gasteiger partial charge in [-0.15, -0.1) is 0 Å². The average molecular weight is 264 g/mol. The third-order valence-corrected chi connectivity index (χ3v) is 2.48. The van der Waals surface area contributed by atoms with Crippen LogP contribution in [0.5, 0.6) is 0 Å². The van der Waals surface area contributed by atoms with Crippen molar-refractivity contribution < 1.29 is 14.3 Å². The molecule has 1 aromatic carbocycles. The smallest absolute Gasteiger partial charge is 0.340 e. The number of rotatable bonds is 7. The van der Waals surface area contributed by atoms with E-state index in [-0.39, 0.29) is 5.91 Å². The number of amides is 1. The van der Waals surface area contributed by atoms with E-state index >= 15 is 0 Å². The van der Waals surface area contributed by atoms with Crippen LogP contribution in [0.4, 0.5) is 5.69 Å². The van der Waals surface area contributed by atoms with Crippen molar-refractivity contribution in [2.75, 3.05) is 25.0 Å². The van der Waals surface area contributed by atoms with Crippen LogP contribution < -0.4 is 10.6 Å². The topological polar surface area (TPSA) is 67.4 Å². The van der Waals surface area contributed by atoms with Crippen LogP contribution in [0, 0.1) is 0 Å². The van der Waals surface area contributed by atoms with E-state index in [9.17, 15) is 9.59 Å². The number of ether oxygens (including phenoxy) is 1. The molecule has 0 atom stereocenters.